The highest BCUT2D eigenvalue weighted by Crippen LogP contribution is 2.29. The van der Waals surface area contributed by atoms with Gasteiger partial charge in [0.2, 0.25) is 5.91 Å². The molecule has 2 amide bonds. The third-order valence-corrected chi connectivity index (χ3v) is 6.76. The number of aryl methyl sites for hydroxylation is 1. The number of carbonyl (C=O) groups is 2. The Morgan fingerprint density at radius 2 is 1.94 bits per heavy atom. The minimum Gasteiger partial charge on any atom is -0.444 e. The first-order chi connectivity index (χ1) is 15.2. The molecule has 3 aromatic rings. The summed E-state index contributed by atoms with van der Waals surface area (Å²) in [6.45, 7) is 8.61. The van der Waals surface area contributed by atoms with Crippen LogP contribution in [0.2, 0.25) is 0 Å². The van der Waals surface area contributed by atoms with Crippen molar-refractivity contribution in [2.45, 2.75) is 52.7 Å². The summed E-state index contributed by atoms with van der Waals surface area (Å²) in [5.41, 5.74) is 3.39. The maximum absolute atomic E-state index is 12.6. The fraction of sp³-hybridized carbons (Fsp3) is 0.391. The second kappa shape index (κ2) is 8.99. The van der Waals surface area contributed by atoms with Gasteiger partial charge < -0.3 is 15.0 Å². The van der Waals surface area contributed by atoms with Gasteiger partial charge in [0.1, 0.15) is 10.6 Å². The van der Waals surface area contributed by atoms with Gasteiger partial charge in [-0.15, -0.1) is 11.3 Å². The minimum atomic E-state index is -0.529. The average molecular weight is 471 g/mol. The first-order valence-electron chi connectivity index (χ1n) is 10.4. The van der Waals surface area contributed by atoms with Gasteiger partial charge in [-0.3, -0.25) is 4.79 Å². The van der Waals surface area contributed by atoms with Crippen molar-refractivity contribution in [2.24, 2.45) is 0 Å². The van der Waals surface area contributed by atoms with Crippen molar-refractivity contribution >= 4 is 39.8 Å². The number of amides is 2. The highest BCUT2D eigenvalue weighted by Gasteiger charge is 2.28. The van der Waals surface area contributed by atoms with Crippen molar-refractivity contribution in [3.8, 4) is 10.6 Å². The molecule has 0 atom stereocenters. The normalized spacial score (nSPS) is 13.6. The van der Waals surface area contributed by atoms with Gasteiger partial charge in [0, 0.05) is 28.8 Å². The predicted octanol–water partition coefficient (Wildman–Crippen LogP) is 5.05. The lowest BCUT2D eigenvalue weighted by molar-refractivity contribution is -0.115. The van der Waals surface area contributed by atoms with Crippen LogP contribution in [0.5, 0.6) is 0 Å². The molecule has 1 N–H and O–H groups in total. The number of carbonyl (C=O) groups excluding carboxylic acids is 2. The van der Waals surface area contributed by atoms with Crippen molar-refractivity contribution in [3.05, 3.63) is 51.5 Å². The van der Waals surface area contributed by atoms with E-state index >= 15 is 0 Å². The maximum Gasteiger partial charge on any atom is 0.410 e. The molecule has 0 saturated carbocycles. The Hall–Kier alpha value is -2.78. The number of fused-ring (bicyclic) bond motifs is 1. The highest BCUT2D eigenvalue weighted by atomic mass is 32.1. The number of hydrogen-bond donors (Lipinski definition) is 1. The molecule has 0 saturated heterocycles. The number of benzene rings is 1. The zero-order valence-electron chi connectivity index (χ0n) is 18.6. The number of rotatable bonds is 4. The molecule has 0 fully saturated rings. The third kappa shape index (κ3) is 5.52. The van der Waals surface area contributed by atoms with Crippen LogP contribution in [0.1, 0.15) is 42.6 Å². The Morgan fingerprint density at radius 3 is 2.66 bits per heavy atom. The lowest BCUT2D eigenvalue weighted by Crippen LogP contribution is -2.39. The van der Waals surface area contributed by atoms with E-state index in [-0.39, 0.29) is 18.4 Å². The molecule has 0 bridgehead atoms. The number of nitrogens with zero attached hydrogens (tertiary/aromatic N) is 3. The summed E-state index contributed by atoms with van der Waals surface area (Å²) in [5, 5.41) is 6.26. The molecule has 9 heteroatoms. The van der Waals surface area contributed by atoms with Crippen molar-refractivity contribution in [3.63, 3.8) is 0 Å². The molecule has 0 aliphatic carbocycles. The second-order valence-electron chi connectivity index (χ2n) is 8.78. The fourth-order valence-electron chi connectivity index (χ4n) is 3.28. The van der Waals surface area contributed by atoms with Gasteiger partial charge in [0.15, 0.2) is 5.13 Å². The first kappa shape index (κ1) is 22.4. The molecule has 1 aliphatic rings. The molecule has 7 nitrogen and oxygen atoms in total. The summed E-state index contributed by atoms with van der Waals surface area (Å²) < 4.78 is 5.47. The van der Waals surface area contributed by atoms with Crippen LogP contribution in [-0.4, -0.2) is 39.0 Å². The van der Waals surface area contributed by atoms with Gasteiger partial charge in [-0.05, 0) is 27.7 Å². The van der Waals surface area contributed by atoms with E-state index in [1.807, 2.05) is 45.2 Å². The van der Waals surface area contributed by atoms with Crippen LogP contribution in [0.3, 0.4) is 0 Å². The Labute approximate surface area is 195 Å². The molecule has 168 valence electrons. The molecular weight excluding hydrogens is 444 g/mol. The fourth-order valence-corrected chi connectivity index (χ4v) is 5.14. The van der Waals surface area contributed by atoms with E-state index in [0.29, 0.717) is 24.6 Å². The van der Waals surface area contributed by atoms with Crippen LogP contribution in [0, 0.1) is 6.92 Å². The quantitative estimate of drug-likeness (QED) is 0.577. The summed E-state index contributed by atoms with van der Waals surface area (Å²) in [6.07, 6.45) is 0.513. The van der Waals surface area contributed by atoms with Crippen LogP contribution in [0.15, 0.2) is 29.6 Å². The van der Waals surface area contributed by atoms with Crippen LogP contribution in [-0.2, 0) is 28.9 Å². The van der Waals surface area contributed by atoms with E-state index in [0.717, 1.165) is 26.8 Å². The van der Waals surface area contributed by atoms with E-state index in [2.05, 4.69) is 27.4 Å². The van der Waals surface area contributed by atoms with Crippen LogP contribution < -0.4 is 5.32 Å². The first-order valence-corrected chi connectivity index (χ1v) is 12.1. The molecule has 2 aromatic heterocycles. The minimum absolute atomic E-state index is 0.152. The van der Waals surface area contributed by atoms with E-state index in [4.69, 9.17) is 4.74 Å². The maximum atomic E-state index is 12.6. The molecule has 0 unspecified atom stereocenters. The number of nitrogens with one attached hydrogen (secondary N) is 1. The topological polar surface area (TPSA) is 84.4 Å². The van der Waals surface area contributed by atoms with Gasteiger partial charge in [0.25, 0.3) is 0 Å². The third-order valence-electron chi connectivity index (χ3n) is 4.82. The zero-order chi connectivity index (χ0) is 22.9. The van der Waals surface area contributed by atoms with Crippen LogP contribution in [0.25, 0.3) is 10.6 Å². The van der Waals surface area contributed by atoms with Crippen molar-refractivity contribution < 1.29 is 14.3 Å². The SMILES string of the molecule is Cc1ccc(-c2nc(CC(=O)Nc3nc4c(s3)CN(C(=O)OC(C)(C)C)CC4)cs2)cc1. The number of aromatic nitrogens is 2. The molecule has 3 heterocycles. The van der Waals surface area contributed by atoms with Crippen LogP contribution in [0.4, 0.5) is 9.93 Å². The van der Waals surface area contributed by atoms with E-state index in [1.165, 1.54) is 28.2 Å². The van der Waals surface area contributed by atoms with Gasteiger partial charge in [0.05, 0.1) is 24.4 Å². The van der Waals surface area contributed by atoms with Crippen LogP contribution >= 0.6 is 22.7 Å². The molecular formula is C23H26N4O3S2. The van der Waals surface area contributed by atoms with E-state index < -0.39 is 5.60 Å². The average Bonchev–Trinajstić information content (AvgIpc) is 3.32. The highest BCUT2D eigenvalue weighted by molar-refractivity contribution is 7.16. The summed E-state index contributed by atoms with van der Waals surface area (Å²) >= 11 is 2.94. The summed E-state index contributed by atoms with van der Waals surface area (Å²) in [5.74, 6) is -0.152. The van der Waals surface area contributed by atoms with Crippen molar-refractivity contribution in [1.29, 1.82) is 0 Å². The Bertz CT molecular complexity index is 1130. The number of thiazole rings is 2. The molecule has 0 radical (unpaired) electrons. The summed E-state index contributed by atoms with van der Waals surface area (Å²) in [4.78, 5) is 36.7. The monoisotopic (exact) mass is 470 g/mol. The number of ether oxygens (including phenoxy) is 1. The molecule has 1 aliphatic heterocycles. The summed E-state index contributed by atoms with van der Waals surface area (Å²) in [6, 6.07) is 8.19. The molecule has 4 rings (SSSR count). The smallest absolute Gasteiger partial charge is 0.410 e. The Balaban J connectivity index is 1.35. The Kier molecular flexibility index (Phi) is 6.30. The lowest BCUT2D eigenvalue weighted by Gasteiger charge is -2.29. The van der Waals surface area contributed by atoms with Gasteiger partial charge >= 0.3 is 6.09 Å². The summed E-state index contributed by atoms with van der Waals surface area (Å²) in [7, 11) is 0. The Morgan fingerprint density at radius 1 is 1.19 bits per heavy atom. The predicted molar refractivity (Wildman–Crippen MR) is 127 cm³/mol. The van der Waals surface area contributed by atoms with E-state index in [1.54, 1.807) is 4.90 Å². The van der Waals surface area contributed by atoms with Crippen molar-refractivity contribution in [1.82, 2.24) is 14.9 Å². The molecule has 0 spiro atoms. The standard InChI is InChI=1S/C23H26N4O3S2/c1-14-5-7-15(8-6-14)20-24-16(13-31-20)11-19(28)26-21-25-17-9-10-27(12-18(17)32-21)22(29)30-23(2,3)4/h5-8,13H,9-12H2,1-4H3,(H,25,26,28). The number of anilines is 1. The lowest BCUT2D eigenvalue weighted by atomic mass is 10.2. The van der Waals surface area contributed by atoms with Gasteiger partial charge in [-0.1, -0.05) is 41.2 Å². The van der Waals surface area contributed by atoms with Crippen molar-refractivity contribution in [2.75, 3.05) is 11.9 Å². The number of hydrogen-bond acceptors (Lipinski definition) is 7. The molecule has 32 heavy (non-hydrogen) atoms. The second-order valence-corrected chi connectivity index (χ2v) is 10.7. The van der Waals surface area contributed by atoms with E-state index in [9.17, 15) is 9.59 Å². The van der Waals surface area contributed by atoms with Gasteiger partial charge in [-0.25, -0.2) is 14.8 Å². The molecule has 1 aromatic carbocycles. The van der Waals surface area contributed by atoms with Gasteiger partial charge in [-0.2, -0.15) is 0 Å². The largest absolute Gasteiger partial charge is 0.444 e. The zero-order valence-corrected chi connectivity index (χ0v) is 20.2.